The maximum absolute atomic E-state index is 14.7. The molecule has 1 saturated heterocycles. The number of ether oxygens (including phenoxy) is 1. The third-order valence-electron chi connectivity index (χ3n) is 10.8. The molecule has 2 heterocycles. The van der Waals surface area contributed by atoms with Crippen molar-refractivity contribution in [3.63, 3.8) is 0 Å². The van der Waals surface area contributed by atoms with E-state index in [9.17, 15) is 24.0 Å². The number of benzene rings is 1. The van der Waals surface area contributed by atoms with Crippen molar-refractivity contribution in [3.8, 4) is 5.75 Å². The summed E-state index contributed by atoms with van der Waals surface area (Å²) < 4.78 is 5.55. The van der Waals surface area contributed by atoms with Gasteiger partial charge in [0.25, 0.3) is 5.91 Å². The van der Waals surface area contributed by atoms with Crippen molar-refractivity contribution in [1.29, 1.82) is 0 Å². The van der Waals surface area contributed by atoms with Crippen molar-refractivity contribution in [3.05, 3.63) is 28.8 Å². The number of likely N-dealkylation sites (tertiary alicyclic amines) is 1. The summed E-state index contributed by atoms with van der Waals surface area (Å²) >= 11 is 0. The van der Waals surface area contributed by atoms with Gasteiger partial charge < -0.3 is 30.4 Å². The number of rotatable bonds is 13. The Morgan fingerprint density at radius 3 is 2.27 bits per heavy atom. The third-order valence-corrected chi connectivity index (χ3v) is 10.8. The number of hydrogen-bond donors (Lipinski definition) is 3. The van der Waals surface area contributed by atoms with E-state index in [1.165, 1.54) is 11.3 Å². The smallest absolute Gasteiger partial charge is 0.289 e. The predicted octanol–water partition coefficient (Wildman–Crippen LogP) is 4.41. The van der Waals surface area contributed by atoms with Gasteiger partial charge in [0.2, 0.25) is 23.5 Å². The van der Waals surface area contributed by atoms with Crippen LogP contribution in [0.5, 0.6) is 5.75 Å². The van der Waals surface area contributed by atoms with Crippen molar-refractivity contribution in [2.24, 2.45) is 16.5 Å². The van der Waals surface area contributed by atoms with Crippen molar-refractivity contribution < 1.29 is 33.5 Å². The van der Waals surface area contributed by atoms with Crippen LogP contribution in [-0.2, 0) is 28.8 Å². The first kappa shape index (κ1) is 38.3. The maximum Gasteiger partial charge on any atom is 0.289 e. The van der Waals surface area contributed by atoms with Gasteiger partial charge in [0.15, 0.2) is 5.60 Å². The average molecular weight is 708 g/mol. The zero-order chi connectivity index (χ0) is 37.1. The molecule has 51 heavy (non-hydrogen) atoms. The predicted molar refractivity (Wildman–Crippen MR) is 193 cm³/mol. The second-order valence-electron chi connectivity index (χ2n) is 16.4. The van der Waals surface area contributed by atoms with Crippen LogP contribution in [0.2, 0.25) is 0 Å². The molecular formula is C39H57N5O7. The first-order chi connectivity index (χ1) is 24.1. The summed E-state index contributed by atoms with van der Waals surface area (Å²) in [6.07, 6.45) is 8.73. The highest BCUT2D eigenvalue weighted by molar-refractivity contribution is 6.38. The molecule has 1 aromatic carbocycles. The Morgan fingerprint density at radius 2 is 1.69 bits per heavy atom. The van der Waals surface area contributed by atoms with Gasteiger partial charge in [-0.25, -0.2) is 0 Å². The SMILES string of the molecule is CCC[C@@H](NC(=O)[C@@H]1C[C@]2(CC(c3cc(C)c(OC)c(C)c3)=NO2)CN1C(=O)[C@@H](NC(=O)CC1CCCCC1)C(C)(C)C)C(=O)C(=O)NC1CC1. The Balaban J connectivity index is 1.40. The van der Waals surface area contributed by atoms with E-state index in [0.717, 1.165) is 61.0 Å². The minimum atomic E-state index is -1.04. The quantitative estimate of drug-likeness (QED) is 0.257. The highest BCUT2D eigenvalue weighted by Crippen LogP contribution is 2.41. The van der Waals surface area contributed by atoms with Crippen LogP contribution < -0.4 is 20.7 Å². The van der Waals surface area contributed by atoms with Crippen LogP contribution in [0.1, 0.15) is 121 Å². The van der Waals surface area contributed by atoms with Gasteiger partial charge >= 0.3 is 0 Å². The zero-order valence-corrected chi connectivity index (χ0v) is 31.5. The summed E-state index contributed by atoms with van der Waals surface area (Å²) in [5.74, 6) is -1.42. The molecule has 4 aliphatic rings. The zero-order valence-electron chi connectivity index (χ0n) is 31.5. The number of nitrogens with one attached hydrogen (secondary N) is 3. The molecule has 0 radical (unpaired) electrons. The van der Waals surface area contributed by atoms with Gasteiger partial charge in [-0.2, -0.15) is 0 Å². The number of methoxy groups -OCH3 is 1. The maximum atomic E-state index is 14.7. The molecule has 12 nitrogen and oxygen atoms in total. The fourth-order valence-corrected chi connectivity index (χ4v) is 7.88. The molecule has 12 heteroatoms. The fraction of sp³-hybridized carbons (Fsp3) is 0.692. The molecule has 4 amide bonds. The lowest BCUT2D eigenvalue weighted by atomic mass is 9.84. The molecular weight excluding hydrogens is 650 g/mol. The first-order valence-electron chi connectivity index (χ1n) is 18.8. The number of amides is 4. The Bertz CT molecular complexity index is 1520. The summed E-state index contributed by atoms with van der Waals surface area (Å²) in [6.45, 7) is 11.6. The molecule has 280 valence electrons. The van der Waals surface area contributed by atoms with E-state index in [4.69, 9.17) is 9.57 Å². The van der Waals surface area contributed by atoms with Gasteiger partial charge in [-0.3, -0.25) is 24.0 Å². The van der Waals surface area contributed by atoms with E-state index in [1.807, 2.05) is 53.7 Å². The van der Waals surface area contributed by atoms with Gasteiger partial charge in [-0.05, 0) is 80.5 Å². The lowest BCUT2D eigenvalue weighted by Crippen LogP contribution is -2.59. The van der Waals surface area contributed by atoms with Crippen molar-refractivity contribution in [1.82, 2.24) is 20.9 Å². The van der Waals surface area contributed by atoms with E-state index < -0.39 is 52.6 Å². The molecule has 2 aliphatic carbocycles. The van der Waals surface area contributed by atoms with Crippen LogP contribution in [0.15, 0.2) is 17.3 Å². The summed E-state index contributed by atoms with van der Waals surface area (Å²) in [4.78, 5) is 75.9. The topological polar surface area (TPSA) is 156 Å². The standard InChI is InChI=1S/C39H57N5O7/c1-8-12-28(32(46)36(48)40-27-15-16-27)41-35(47)30-21-39(20-29(43-51-39)26-17-23(2)33(50-7)24(3)18-26)22-44(30)37(49)34(38(4,5)6)42-31(45)19-25-13-10-9-11-14-25/h17-18,25,27-28,30,34H,8-16,19-22H2,1-7H3,(H,40,48)(H,41,47)(H,42,45)/t28-,30+,34-,39-/m1/s1. The Labute approximate surface area is 302 Å². The molecule has 1 spiro atoms. The normalized spacial score (nSPS) is 23.2. The number of carbonyl (C=O) groups excluding carboxylic acids is 5. The van der Waals surface area contributed by atoms with Crippen molar-refractivity contribution in [2.45, 2.75) is 148 Å². The number of aryl methyl sites for hydroxylation is 2. The van der Waals surface area contributed by atoms with Crippen LogP contribution >= 0.6 is 0 Å². The fourth-order valence-electron chi connectivity index (χ4n) is 7.88. The molecule has 4 atom stereocenters. The lowest BCUT2D eigenvalue weighted by Gasteiger charge is -2.36. The number of oxime groups is 1. The molecule has 2 aliphatic heterocycles. The highest BCUT2D eigenvalue weighted by atomic mass is 16.7. The number of Topliss-reactive ketones (excluding diaryl/α,β-unsaturated/α-hetero) is 1. The number of hydrogen-bond acceptors (Lipinski definition) is 8. The van der Waals surface area contributed by atoms with Crippen LogP contribution in [0.3, 0.4) is 0 Å². The summed E-state index contributed by atoms with van der Waals surface area (Å²) in [6, 6.07) is 0.998. The molecule has 0 unspecified atom stereocenters. The number of ketones is 1. The second-order valence-corrected chi connectivity index (χ2v) is 16.4. The summed E-state index contributed by atoms with van der Waals surface area (Å²) in [5.41, 5.74) is 1.79. The minimum Gasteiger partial charge on any atom is -0.496 e. The van der Waals surface area contributed by atoms with Crippen LogP contribution in [-0.4, -0.2) is 83.4 Å². The Morgan fingerprint density at radius 1 is 1.02 bits per heavy atom. The van der Waals surface area contributed by atoms with Crippen LogP contribution in [0.4, 0.5) is 0 Å². The van der Waals surface area contributed by atoms with Crippen molar-refractivity contribution in [2.75, 3.05) is 13.7 Å². The average Bonchev–Trinajstić information content (AvgIpc) is 3.67. The van der Waals surface area contributed by atoms with E-state index >= 15 is 0 Å². The molecule has 2 saturated carbocycles. The third kappa shape index (κ3) is 9.10. The molecule has 3 fully saturated rings. The van der Waals surface area contributed by atoms with Gasteiger partial charge in [-0.15, -0.1) is 0 Å². The highest BCUT2D eigenvalue weighted by Gasteiger charge is 2.55. The number of nitrogens with zero attached hydrogens (tertiary/aromatic N) is 2. The van der Waals surface area contributed by atoms with Crippen molar-refractivity contribution >= 4 is 35.1 Å². The largest absolute Gasteiger partial charge is 0.496 e. The summed E-state index contributed by atoms with van der Waals surface area (Å²) in [5, 5.41) is 13.1. The monoisotopic (exact) mass is 707 g/mol. The van der Waals surface area contributed by atoms with E-state index in [2.05, 4.69) is 21.1 Å². The second kappa shape index (κ2) is 15.7. The van der Waals surface area contributed by atoms with E-state index in [0.29, 0.717) is 30.9 Å². The Hall–Kier alpha value is -3.96. The van der Waals surface area contributed by atoms with Gasteiger partial charge in [0, 0.05) is 30.9 Å². The van der Waals surface area contributed by atoms with Gasteiger partial charge in [-0.1, -0.05) is 58.5 Å². The molecule has 1 aromatic rings. The summed E-state index contributed by atoms with van der Waals surface area (Å²) in [7, 11) is 1.64. The van der Waals surface area contributed by atoms with E-state index in [1.54, 1.807) is 7.11 Å². The minimum absolute atomic E-state index is 0.00289. The van der Waals surface area contributed by atoms with Crippen LogP contribution in [0, 0.1) is 25.2 Å². The van der Waals surface area contributed by atoms with Gasteiger partial charge in [0.05, 0.1) is 25.4 Å². The van der Waals surface area contributed by atoms with Crippen LogP contribution in [0.25, 0.3) is 0 Å². The Kier molecular flexibility index (Phi) is 11.8. The number of carbonyl (C=O) groups is 5. The molecule has 0 bridgehead atoms. The molecule has 5 rings (SSSR count). The van der Waals surface area contributed by atoms with Gasteiger partial charge in [0.1, 0.15) is 17.8 Å². The molecule has 0 aromatic heterocycles. The lowest BCUT2D eigenvalue weighted by molar-refractivity contribution is -0.145. The van der Waals surface area contributed by atoms with E-state index in [-0.39, 0.29) is 31.3 Å². The first-order valence-corrected chi connectivity index (χ1v) is 18.8. The molecule has 3 N–H and O–H groups in total.